The van der Waals surface area contributed by atoms with E-state index in [-0.39, 0.29) is 6.03 Å². The van der Waals surface area contributed by atoms with Crippen molar-refractivity contribution in [3.63, 3.8) is 0 Å². The lowest BCUT2D eigenvalue weighted by atomic mass is 10.3. The maximum atomic E-state index is 12.6. The number of hydrogen-bond donors (Lipinski definition) is 1. The third kappa shape index (κ3) is 4.98. The average molecular weight is 359 g/mol. The van der Waals surface area contributed by atoms with Gasteiger partial charge in [0.1, 0.15) is 0 Å². The van der Waals surface area contributed by atoms with Gasteiger partial charge in [0.2, 0.25) is 0 Å². The summed E-state index contributed by atoms with van der Waals surface area (Å²) in [5.74, 6) is -2.56. The van der Waals surface area contributed by atoms with E-state index in [1.165, 1.54) is 11.0 Å². The number of nitrogens with one attached hydrogen (secondary N) is 1. The van der Waals surface area contributed by atoms with E-state index in [0.29, 0.717) is 55.1 Å². The maximum Gasteiger partial charge on any atom is 0.409 e. The van der Waals surface area contributed by atoms with Gasteiger partial charge in [-0.25, -0.2) is 9.59 Å². The van der Waals surface area contributed by atoms with E-state index in [1.54, 1.807) is 30.0 Å². The van der Waals surface area contributed by atoms with Crippen LogP contribution in [0.4, 0.5) is 24.1 Å². The van der Waals surface area contributed by atoms with Crippen LogP contribution in [0.15, 0.2) is 29.2 Å². The molecule has 0 aliphatic carbocycles. The second kappa shape index (κ2) is 8.72. The van der Waals surface area contributed by atoms with Crippen molar-refractivity contribution in [1.29, 1.82) is 0 Å². The lowest BCUT2D eigenvalue weighted by Gasteiger charge is -2.34. The Morgan fingerprint density at radius 1 is 1.21 bits per heavy atom. The number of urea groups is 1. The zero-order valence-corrected chi connectivity index (χ0v) is 14.0. The summed E-state index contributed by atoms with van der Waals surface area (Å²) in [4.78, 5) is 27.3. The standard InChI is InChI=1S/C15H19F2N3O3S/c1-2-23-15(22)20-9-7-19(8-10-20)14(21)18-11-5-3-4-6-12(11)24-13(16)17/h3-6,13H,2,7-10H2,1H3,(H,18,21). The van der Waals surface area contributed by atoms with Crippen molar-refractivity contribution in [1.82, 2.24) is 9.80 Å². The number of anilines is 1. The minimum Gasteiger partial charge on any atom is -0.450 e. The predicted molar refractivity (Wildman–Crippen MR) is 87.5 cm³/mol. The van der Waals surface area contributed by atoms with E-state index < -0.39 is 11.9 Å². The Hall–Kier alpha value is -2.03. The Balaban J connectivity index is 1.91. The number of benzene rings is 1. The molecule has 3 amide bonds. The molecule has 0 radical (unpaired) electrons. The number of rotatable bonds is 4. The molecule has 0 unspecified atom stereocenters. The van der Waals surface area contributed by atoms with Gasteiger partial charge in [0.25, 0.3) is 5.76 Å². The fourth-order valence-corrected chi connectivity index (χ4v) is 2.86. The van der Waals surface area contributed by atoms with E-state index in [2.05, 4.69) is 5.32 Å². The van der Waals surface area contributed by atoms with Crippen LogP contribution in [0.5, 0.6) is 0 Å². The minimum absolute atomic E-state index is 0.304. The highest BCUT2D eigenvalue weighted by Crippen LogP contribution is 2.31. The van der Waals surface area contributed by atoms with Crippen molar-refractivity contribution in [3.05, 3.63) is 24.3 Å². The lowest BCUT2D eigenvalue weighted by molar-refractivity contribution is 0.0868. The molecule has 1 heterocycles. The molecular formula is C15H19F2N3O3S. The summed E-state index contributed by atoms with van der Waals surface area (Å²) in [5, 5.41) is 2.65. The van der Waals surface area contributed by atoms with Crippen LogP contribution in [-0.2, 0) is 4.74 Å². The first-order valence-electron chi connectivity index (χ1n) is 7.52. The Morgan fingerprint density at radius 3 is 2.46 bits per heavy atom. The van der Waals surface area contributed by atoms with Crippen molar-refractivity contribution in [3.8, 4) is 0 Å². The van der Waals surface area contributed by atoms with E-state index in [4.69, 9.17) is 4.74 Å². The Bertz CT molecular complexity index is 581. The van der Waals surface area contributed by atoms with Crippen LogP contribution >= 0.6 is 11.8 Å². The zero-order chi connectivity index (χ0) is 17.5. The van der Waals surface area contributed by atoms with Gasteiger partial charge in [-0.2, -0.15) is 8.78 Å². The molecule has 6 nitrogen and oxygen atoms in total. The zero-order valence-electron chi connectivity index (χ0n) is 13.2. The van der Waals surface area contributed by atoms with Gasteiger partial charge >= 0.3 is 12.1 Å². The number of ether oxygens (including phenoxy) is 1. The van der Waals surface area contributed by atoms with E-state index >= 15 is 0 Å². The molecule has 0 bridgehead atoms. The van der Waals surface area contributed by atoms with Crippen LogP contribution in [0.1, 0.15) is 6.92 Å². The molecule has 1 aliphatic rings. The Labute approximate surface area is 143 Å². The second-order valence-electron chi connectivity index (χ2n) is 4.98. The molecule has 1 fully saturated rings. The van der Waals surface area contributed by atoms with Gasteiger partial charge in [0, 0.05) is 31.1 Å². The number of amides is 3. The highest BCUT2D eigenvalue weighted by molar-refractivity contribution is 7.99. The normalized spacial score (nSPS) is 14.7. The van der Waals surface area contributed by atoms with Crippen LogP contribution in [-0.4, -0.2) is 60.5 Å². The first-order valence-corrected chi connectivity index (χ1v) is 8.40. The molecule has 1 aliphatic heterocycles. The van der Waals surface area contributed by atoms with Crippen molar-refractivity contribution in [2.75, 3.05) is 38.1 Å². The quantitative estimate of drug-likeness (QED) is 0.838. The molecular weight excluding hydrogens is 340 g/mol. The topological polar surface area (TPSA) is 61.9 Å². The summed E-state index contributed by atoms with van der Waals surface area (Å²) in [6.07, 6.45) is -0.392. The smallest absolute Gasteiger partial charge is 0.409 e. The largest absolute Gasteiger partial charge is 0.450 e. The van der Waals surface area contributed by atoms with Crippen LogP contribution in [0, 0.1) is 0 Å². The molecule has 0 spiro atoms. The first kappa shape index (κ1) is 18.3. The van der Waals surface area contributed by atoms with Gasteiger partial charge in [0.05, 0.1) is 12.3 Å². The van der Waals surface area contributed by atoms with Crippen molar-refractivity contribution in [2.24, 2.45) is 0 Å². The molecule has 132 valence electrons. The van der Waals surface area contributed by atoms with E-state index in [1.807, 2.05) is 0 Å². The number of alkyl halides is 2. The highest BCUT2D eigenvalue weighted by Gasteiger charge is 2.25. The monoisotopic (exact) mass is 359 g/mol. The fraction of sp³-hybridized carbons (Fsp3) is 0.467. The molecule has 2 rings (SSSR count). The number of hydrogen-bond acceptors (Lipinski definition) is 4. The van der Waals surface area contributed by atoms with Gasteiger partial charge < -0.3 is 19.9 Å². The van der Waals surface area contributed by atoms with Crippen LogP contribution < -0.4 is 5.32 Å². The van der Waals surface area contributed by atoms with E-state index in [0.717, 1.165) is 0 Å². The van der Waals surface area contributed by atoms with Crippen molar-refractivity contribution < 1.29 is 23.1 Å². The highest BCUT2D eigenvalue weighted by atomic mass is 32.2. The summed E-state index contributed by atoms with van der Waals surface area (Å²) in [7, 11) is 0. The molecule has 24 heavy (non-hydrogen) atoms. The molecule has 0 atom stereocenters. The number of para-hydroxylation sites is 1. The molecule has 1 N–H and O–H groups in total. The minimum atomic E-state index is -2.56. The van der Waals surface area contributed by atoms with Crippen molar-refractivity contribution in [2.45, 2.75) is 17.6 Å². The predicted octanol–water partition coefficient (Wildman–Crippen LogP) is 3.31. The van der Waals surface area contributed by atoms with Crippen LogP contribution in [0.25, 0.3) is 0 Å². The second-order valence-corrected chi connectivity index (χ2v) is 6.01. The molecule has 0 saturated carbocycles. The van der Waals surface area contributed by atoms with Gasteiger partial charge in [0.15, 0.2) is 0 Å². The molecule has 9 heteroatoms. The van der Waals surface area contributed by atoms with E-state index in [9.17, 15) is 18.4 Å². The van der Waals surface area contributed by atoms with Gasteiger partial charge in [-0.15, -0.1) is 0 Å². The summed E-state index contributed by atoms with van der Waals surface area (Å²) in [6.45, 7) is 3.50. The summed E-state index contributed by atoms with van der Waals surface area (Å²) in [5.41, 5.74) is 0.348. The molecule has 1 aromatic carbocycles. The SMILES string of the molecule is CCOC(=O)N1CCN(C(=O)Nc2ccccc2SC(F)F)CC1. The van der Waals surface area contributed by atoms with Crippen LogP contribution in [0.3, 0.4) is 0 Å². The Morgan fingerprint density at radius 2 is 1.83 bits per heavy atom. The molecule has 0 aromatic heterocycles. The number of carbonyl (C=O) groups is 2. The lowest BCUT2D eigenvalue weighted by Crippen LogP contribution is -2.51. The summed E-state index contributed by atoms with van der Waals surface area (Å²) in [6, 6.07) is 6.05. The van der Waals surface area contributed by atoms with Crippen LogP contribution in [0.2, 0.25) is 0 Å². The fourth-order valence-electron chi connectivity index (χ4n) is 2.27. The number of piperazine rings is 1. The number of thioether (sulfide) groups is 1. The third-order valence-corrected chi connectivity index (χ3v) is 4.23. The summed E-state index contributed by atoms with van der Waals surface area (Å²) < 4.78 is 30.0. The maximum absolute atomic E-state index is 12.6. The third-order valence-electron chi connectivity index (χ3n) is 3.44. The molecule has 1 saturated heterocycles. The summed E-state index contributed by atoms with van der Waals surface area (Å²) >= 11 is 0.387. The van der Waals surface area contributed by atoms with Gasteiger partial charge in [-0.3, -0.25) is 0 Å². The number of carbonyl (C=O) groups excluding carboxylic acids is 2. The molecule has 1 aromatic rings. The average Bonchev–Trinajstić information content (AvgIpc) is 2.56. The van der Waals surface area contributed by atoms with Gasteiger partial charge in [-0.1, -0.05) is 23.9 Å². The van der Waals surface area contributed by atoms with Gasteiger partial charge in [-0.05, 0) is 19.1 Å². The number of nitrogens with zero attached hydrogens (tertiary/aromatic N) is 2. The number of halogens is 2. The first-order chi connectivity index (χ1) is 11.5. The van der Waals surface area contributed by atoms with Crippen molar-refractivity contribution >= 4 is 29.6 Å². The Kier molecular flexibility index (Phi) is 6.65.